The fraction of sp³-hybridized carbons (Fsp3) is 0.182. The monoisotopic (exact) mass is 511 g/mol. The average molecular weight is 512 g/mol. The lowest BCUT2D eigenvalue weighted by Gasteiger charge is -2.17. The van der Waals surface area contributed by atoms with E-state index in [4.69, 9.17) is 15.1 Å². The third-order valence-electron chi connectivity index (χ3n) is 4.77. The van der Waals surface area contributed by atoms with Crippen LogP contribution in [0.2, 0.25) is 0 Å². The number of nitrogens with two attached hydrogens (primary N) is 1. The standard InChI is InChI=1S/C22H21F4N5O3S/c1-11-2-3-16(15(23)8-11)29-20-14(22(33)30-34-7-6-32)10-13(17(24)19(20)26)9-12-4-5-28-21(18(12)25)31-35-27/h2-5,8,10,29,32H,6-7,9,27H2,1H3,(H,28,31)(H,30,33). The van der Waals surface area contributed by atoms with Crippen LogP contribution < -0.4 is 20.7 Å². The number of carbonyl (C=O) groups excluding carboxylic acids is 1. The number of benzene rings is 2. The number of rotatable bonds is 10. The highest BCUT2D eigenvalue weighted by Crippen LogP contribution is 2.32. The van der Waals surface area contributed by atoms with E-state index in [0.717, 1.165) is 6.07 Å². The Morgan fingerprint density at radius 1 is 1.11 bits per heavy atom. The van der Waals surface area contributed by atoms with Gasteiger partial charge >= 0.3 is 0 Å². The maximum Gasteiger partial charge on any atom is 0.277 e. The second-order valence-electron chi connectivity index (χ2n) is 7.23. The van der Waals surface area contributed by atoms with Crippen molar-refractivity contribution in [3.05, 3.63) is 82.1 Å². The van der Waals surface area contributed by atoms with Crippen LogP contribution in [0.15, 0.2) is 36.5 Å². The van der Waals surface area contributed by atoms with Crippen molar-refractivity contribution in [3.8, 4) is 0 Å². The van der Waals surface area contributed by atoms with Crippen LogP contribution in [0.25, 0.3) is 0 Å². The van der Waals surface area contributed by atoms with Gasteiger partial charge in [-0.05, 0) is 47.9 Å². The van der Waals surface area contributed by atoms with E-state index in [2.05, 4.69) is 15.0 Å². The first kappa shape index (κ1) is 26.2. The molecule has 6 N–H and O–H groups in total. The van der Waals surface area contributed by atoms with Gasteiger partial charge in [-0.3, -0.25) is 19.5 Å². The molecule has 1 amide bonds. The summed E-state index contributed by atoms with van der Waals surface area (Å²) in [5.74, 6) is -5.67. The lowest BCUT2D eigenvalue weighted by atomic mass is 9.99. The van der Waals surface area contributed by atoms with Gasteiger partial charge in [0.15, 0.2) is 23.3 Å². The maximum absolute atomic E-state index is 15.2. The van der Waals surface area contributed by atoms with Crippen LogP contribution in [0.1, 0.15) is 27.0 Å². The molecule has 2 aromatic carbocycles. The lowest BCUT2D eigenvalue weighted by Crippen LogP contribution is -2.26. The molecule has 8 nitrogen and oxygen atoms in total. The van der Waals surface area contributed by atoms with Gasteiger partial charge < -0.3 is 10.4 Å². The molecule has 0 bridgehead atoms. The number of nitrogens with one attached hydrogen (secondary N) is 3. The predicted molar refractivity (Wildman–Crippen MR) is 124 cm³/mol. The number of anilines is 3. The minimum atomic E-state index is -1.49. The van der Waals surface area contributed by atoms with E-state index in [1.54, 1.807) is 6.92 Å². The van der Waals surface area contributed by atoms with Crippen molar-refractivity contribution in [1.29, 1.82) is 0 Å². The molecule has 0 unspecified atom stereocenters. The zero-order chi connectivity index (χ0) is 25.5. The normalized spacial score (nSPS) is 10.8. The van der Waals surface area contributed by atoms with E-state index in [1.807, 2.05) is 5.48 Å². The maximum atomic E-state index is 15.2. The molecule has 3 rings (SSSR count). The summed E-state index contributed by atoms with van der Waals surface area (Å²) in [7, 11) is 0. The highest BCUT2D eigenvalue weighted by atomic mass is 32.2. The highest BCUT2D eigenvalue weighted by molar-refractivity contribution is 7.98. The topological polar surface area (TPSA) is 122 Å². The first-order valence-corrected chi connectivity index (χ1v) is 11.0. The molecule has 3 aromatic rings. The Kier molecular flexibility index (Phi) is 8.87. The Morgan fingerprint density at radius 3 is 2.57 bits per heavy atom. The highest BCUT2D eigenvalue weighted by Gasteiger charge is 2.25. The molecular weight excluding hydrogens is 490 g/mol. The summed E-state index contributed by atoms with van der Waals surface area (Å²) in [6.45, 7) is 0.960. The number of carbonyl (C=O) groups is 1. The van der Waals surface area contributed by atoms with Gasteiger partial charge in [-0.25, -0.2) is 28.0 Å². The van der Waals surface area contributed by atoms with Crippen molar-refractivity contribution in [2.45, 2.75) is 13.3 Å². The number of aromatic nitrogens is 1. The molecule has 0 spiro atoms. The summed E-state index contributed by atoms with van der Waals surface area (Å²) in [6.07, 6.45) is 0.801. The van der Waals surface area contributed by atoms with Gasteiger partial charge in [0, 0.05) is 24.8 Å². The summed E-state index contributed by atoms with van der Waals surface area (Å²) in [6, 6.07) is 6.27. The van der Waals surface area contributed by atoms with Gasteiger partial charge in [0.05, 0.1) is 30.2 Å². The fourth-order valence-corrected chi connectivity index (χ4v) is 3.39. The smallest absolute Gasteiger partial charge is 0.277 e. The van der Waals surface area contributed by atoms with E-state index in [0.29, 0.717) is 17.7 Å². The number of aryl methyl sites for hydroxylation is 1. The van der Waals surface area contributed by atoms with Gasteiger partial charge in [0.2, 0.25) is 0 Å². The number of nitrogens with zero attached hydrogens (tertiary/aromatic N) is 1. The first-order valence-electron chi connectivity index (χ1n) is 10.1. The van der Waals surface area contributed by atoms with Crippen LogP contribution in [0.4, 0.5) is 34.8 Å². The summed E-state index contributed by atoms with van der Waals surface area (Å²) < 4.78 is 61.8. The molecule has 1 heterocycles. The molecule has 0 atom stereocenters. The van der Waals surface area contributed by atoms with Crippen molar-refractivity contribution in [2.75, 3.05) is 23.3 Å². The lowest BCUT2D eigenvalue weighted by molar-refractivity contribution is 0.0168. The van der Waals surface area contributed by atoms with Crippen molar-refractivity contribution in [1.82, 2.24) is 10.5 Å². The largest absolute Gasteiger partial charge is 0.394 e. The number of hydrogen-bond donors (Lipinski definition) is 5. The van der Waals surface area contributed by atoms with Crippen molar-refractivity contribution in [3.63, 3.8) is 0 Å². The number of aliphatic hydroxyl groups is 1. The van der Waals surface area contributed by atoms with Crippen molar-refractivity contribution in [2.24, 2.45) is 5.14 Å². The summed E-state index contributed by atoms with van der Waals surface area (Å²) >= 11 is 0.600. The third-order valence-corrected chi connectivity index (χ3v) is 5.09. The minimum absolute atomic E-state index is 0.0528. The molecule has 1 aromatic heterocycles. The van der Waals surface area contributed by atoms with Crippen LogP contribution in [-0.4, -0.2) is 29.2 Å². The number of aliphatic hydroxyl groups excluding tert-OH is 1. The Labute approximate surface area is 202 Å². The van der Waals surface area contributed by atoms with Gasteiger partial charge in [-0.15, -0.1) is 0 Å². The number of amides is 1. The third kappa shape index (κ3) is 6.19. The van der Waals surface area contributed by atoms with Crippen LogP contribution in [0, 0.1) is 30.2 Å². The van der Waals surface area contributed by atoms with Gasteiger partial charge in [0.1, 0.15) is 5.82 Å². The van der Waals surface area contributed by atoms with E-state index in [1.165, 1.54) is 30.5 Å². The quantitative estimate of drug-likeness (QED) is 0.120. The molecule has 0 radical (unpaired) electrons. The average Bonchev–Trinajstić information content (AvgIpc) is 2.82. The van der Waals surface area contributed by atoms with Gasteiger partial charge in [-0.2, -0.15) is 0 Å². The Morgan fingerprint density at radius 2 is 1.89 bits per heavy atom. The van der Waals surface area contributed by atoms with Gasteiger partial charge in [0.25, 0.3) is 5.91 Å². The molecule has 0 aliphatic heterocycles. The second kappa shape index (κ2) is 11.8. The van der Waals surface area contributed by atoms with Gasteiger partial charge in [-0.1, -0.05) is 6.07 Å². The number of hydrogen-bond acceptors (Lipinski definition) is 8. The Balaban J connectivity index is 2.07. The van der Waals surface area contributed by atoms with Crippen molar-refractivity contribution < 1.29 is 32.3 Å². The Hall–Kier alpha value is -3.39. The summed E-state index contributed by atoms with van der Waals surface area (Å²) in [4.78, 5) is 21.2. The molecule has 186 valence electrons. The SMILES string of the molecule is Cc1ccc(Nc2c(C(=O)NOCCO)cc(Cc3ccnc(NSN)c3F)c(F)c2F)c(F)c1. The van der Waals surface area contributed by atoms with E-state index in [-0.39, 0.29) is 29.2 Å². The number of pyridine rings is 1. The molecule has 0 aliphatic rings. The molecular formula is C22H21F4N5O3S. The molecule has 0 fully saturated rings. The first-order chi connectivity index (χ1) is 16.8. The van der Waals surface area contributed by atoms with Crippen molar-refractivity contribution >= 4 is 35.2 Å². The van der Waals surface area contributed by atoms with Crippen LogP contribution in [0.5, 0.6) is 0 Å². The summed E-state index contributed by atoms with van der Waals surface area (Å²) in [5, 5.41) is 16.5. The zero-order valence-corrected chi connectivity index (χ0v) is 19.1. The Bertz CT molecular complexity index is 1230. The van der Waals surface area contributed by atoms with E-state index >= 15 is 8.78 Å². The molecule has 0 saturated heterocycles. The second-order valence-corrected chi connectivity index (χ2v) is 7.67. The molecule has 13 heteroatoms. The number of hydroxylamine groups is 1. The summed E-state index contributed by atoms with van der Waals surface area (Å²) in [5.41, 5.74) is 0.864. The van der Waals surface area contributed by atoms with E-state index in [9.17, 15) is 13.6 Å². The fourth-order valence-electron chi connectivity index (χ4n) is 3.13. The van der Waals surface area contributed by atoms with Crippen LogP contribution >= 0.6 is 12.1 Å². The molecule has 0 aliphatic carbocycles. The zero-order valence-electron chi connectivity index (χ0n) is 18.3. The molecule has 35 heavy (non-hydrogen) atoms. The number of halogens is 4. The van der Waals surface area contributed by atoms with Crippen LogP contribution in [0.3, 0.4) is 0 Å². The molecule has 0 saturated carbocycles. The van der Waals surface area contributed by atoms with Crippen LogP contribution in [-0.2, 0) is 11.3 Å². The predicted octanol–water partition coefficient (Wildman–Crippen LogP) is 3.87. The van der Waals surface area contributed by atoms with E-state index < -0.39 is 53.5 Å². The minimum Gasteiger partial charge on any atom is -0.394 e.